The number of hydrogen-bond donors (Lipinski definition) is 6. The molecule has 4 aliphatic carbocycles. The molecular weight excluding hydrogens is 490 g/mol. The predicted octanol–water partition coefficient (Wildman–Crippen LogP) is 2.80. The summed E-state index contributed by atoms with van der Waals surface area (Å²) >= 11 is 0. The third kappa shape index (κ3) is 5.22. The first-order valence-electron chi connectivity index (χ1n) is 14.6. The normalized spacial score (nSPS) is 43.7. The van der Waals surface area contributed by atoms with Crippen LogP contribution in [0.15, 0.2) is 0 Å². The lowest BCUT2D eigenvalue weighted by Crippen LogP contribution is -2.62. The van der Waals surface area contributed by atoms with E-state index in [0.29, 0.717) is 19.3 Å². The van der Waals surface area contributed by atoms with Gasteiger partial charge in [0.1, 0.15) is 6.04 Å². The highest BCUT2D eigenvalue weighted by Crippen LogP contribution is 2.68. The fourth-order valence-electron chi connectivity index (χ4n) is 9.48. The second-order valence-electron chi connectivity index (χ2n) is 13.4. The summed E-state index contributed by atoms with van der Waals surface area (Å²) in [4.78, 5) is 34.8. The van der Waals surface area contributed by atoms with E-state index in [2.05, 4.69) is 26.1 Å². The van der Waals surface area contributed by atoms with E-state index in [1.165, 1.54) is 0 Å². The molecule has 0 aromatic rings. The molecule has 4 rings (SSSR count). The summed E-state index contributed by atoms with van der Waals surface area (Å²) in [7, 11) is 0. The van der Waals surface area contributed by atoms with Crippen LogP contribution < -0.4 is 5.32 Å². The number of amides is 1. The monoisotopic (exact) mass is 537 g/mol. The number of carbonyl (C=O) groups is 3. The lowest BCUT2D eigenvalue weighted by atomic mass is 9.43. The van der Waals surface area contributed by atoms with Gasteiger partial charge in [0.15, 0.2) is 0 Å². The highest BCUT2D eigenvalue weighted by atomic mass is 16.4. The summed E-state index contributed by atoms with van der Waals surface area (Å²) in [6.45, 7) is 6.59. The van der Waals surface area contributed by atoms with Crippen LogP contribution in [-0.4, -0.2) is 67.7 Å². The molecule has 4 saturated carbocycles. The van der Waals surface area contributed by atoms with Crippen LogP contribution in [0.5, 0.6) is 0 Å². The number of carboxylic acid groups (broad SMARTS) is 2. The molecule has 0 saturated heterocycles. The molecule has 4 aliphatic rings. The first-order valence-corrected chi connectivity index (χ1v) is 14.6. The maximum atomic E-state index is 12.5. The number of aliphatic hydroxyl groups is 3. The largest absolute Gasteiger partial charge is 0.481 e. The van der Waals surface area contributed by atoms with Gasteiger partial charge in [-0.1, -0.05) is 20.8 Å². The van der Waals surface area contributed by atoms with Gasteiger partial charge in [0.2, 0.25) is 5.91 Å². The highest BCUT2D eigenvalue weighted by molar-refractivity contribution is 5.83. The molecular formula is C29H47NO8. The average Bonchev–Trinajstić information content (AvgIpc) is 3.20. The number of nitrogens with one attached hydrogen (secondary N) is 1. The number of aliphatic carboxylic acids is 2. The minimum absolute atomic E-state index is 0.0224. The lowest BCUT2D eigenvalue weighted by molar-refractivity contribution is -0.207. The number of fused-ring (bicyclic) bond motifs is 5. The number of carboxylic acids is 2. The Bertz CT molecular complexity index is 911. The first-order chi connectivity index (χ1) is 17.8. The van der Waals surface area contributed by atoms with E-state index in [4.69, 9.17) is 5.11 Å². The Morgan fingerprint density at radius 3 is 2.29 bits per heavy atom. The summed E-state index contributed by atoms with van der Waals surface area (Å²) < 4.78 is 0. The molecule has 9 nitrogen and oxygen atoms in total. The van der Waals surface area contributed by atoms with Crippen molar-refractivity contribution >= 4 is 17.8 Å². The van der Waals surface area contributed by atoms with Crippen LogP contribution in [0.3, 0.4) is 0 Å². The van der Waals surface area contributed by atoms with E-state index in [0.717, 1.165) is 32.1 Å². The van der Waals surface area contributed by atoms with Gasteiger partial charge in [0, 0.05) is 12.8 Å². The molecule has 6 N–H and O–H groups in total. The molecule has 216 valence electrons. The van der Waals surface area contributed by atoms with Crippen LogP contribution in [0, 0.1) is 46.3 Å². The molecule has 12 atom stereocenters. The fraction of sp³-hybridized carbons (Fsp3) is 0.897. The Hall–Kier alpha value is -1.71. The van der Waals surface area contributed by atoms with Crippen LogP contribution in [0.25, 0.3) is 0 Å². The van der Waals surface area contributed by atoms with Crippen molar-refractivity contribution in [3.8, 4) is 0 Å². The summed E-state index contributed by atoms with van der Waals surface area (Å²) in [5.41, 5.74) is -0.338. The maximum Gasteiger partial charge on any atom is 0.326 e. The Balaban J connectivity index is 1.42. The van der Waals surface area contributed by atoms with E-state index in [-0.39, 0.29) is 71.7 Å². The van der Waals surface area contributed by atoms with Crippen LogP contribution in [0.4, 0.5) is 0 Å². The van der Waals surface area contributed by atoms with Gasteiger partial charge in [-0.05, 0) is 104 Å². The van der Waals surface area contributed by atoms with E-state index in [1.54, 1.807) is 0 Å². The average molecular weight is 538 g/mol. The van der Waals surface area contributed by atoms with Crippen molar-refractivity contribution in [2.75, 3.05) is 0 Å². The predicted molar refractivity (Wildman–Crippen MR) is 139 cm³/mol. The molecule has 0 radical (unpaired) electrons. The molecule has 0 aromatic carbocycles. The molecule has 0 spiro atoms. The smallest absolute Gasteiger partial charge is 0.326 e. The van der Waals surface area contributed by atoms with Gasteiger partial charge in [-0.2, -0.15) is 0 Å². The van der Waals surface area contributed by atoms with Gasteiger partial charge in [-0.25, -0.2) is 4.79 Å². The fourth-order valence-corrected chi connectivity index (χ4v) is 9.48. The molecule has 1 unspecified atom stereocenters. The Labute approximate surface area is 225 Å². The summed E-state index contributed by atoms with van der Waals surface area (Å²) in [6.07, 6.45) is 4.64. The van der Waals surface area contributed by atoms with Crippen LogP contribution in [-0.2, 0) is 14.4 Å². The standard InChI is InChI=1S/C29H47NO8/c1-15(4-8-24(34)30-21(27(37)38)7-9-25(35)36)18-5-6-19-26-20(14-23(33)29(18,19)3)28(2)11-10-17(31)12-16(28)13-22(26)32/h15-23,26,31-33H,4-14H2,1-3H3,(H,30,34)(H,35,36)(H,37,38)/t15-,16+,17-,18-,19+,20+,21?,22-,23+,26+,28+,29-/m1/s1. The third-order valence-electron chi connectivity index (χ3n) is 11.6. The van der Waals surface area contributed by atoms with Crippen molar-refractivity contribution in [1.82, 2.24) is 5.32 Å². The van der Waals surface area contributed by atoms with Gasteiger partial charge in [0.25, 0.3) is 0 Å². The SMILES string of the molecule is C[C@H](CCC(=O)NC(CCC(=O)O)C(=O)O)[C@H]1CC[C@H]2[C@@H]3[C@H](O)C[C@@H]4C[C@H](O)CC[C@]4(C)[C@H]3C[C@H](O)[C@]12C. The summed E-state index contributed by atoms with van der Waals surface area (Å²) in [5.74, 6) is -1.61. The first kappa shape index (κ1) is 29.3. The van der Waals surface area contributed by atoms with Gasteiger partial charge < -0.3 is 30.8 Å². The lowest BCUT2D eigenvalue weighted by Gasteiger charge is -2.63. The number of hydrogen-bond acceptors (Lipinski definition) is 6. The van der Waals surface area contributed by atoms with Crippen molar-refractivity contribution in [2.45, 2.75) is 116 Å². The van der Waals surface area contributed by atoms with E-state index in [1.807, 2.05) is 0 Å². The Morgan fingerprint density at radius 2 is 1.63 bits per heavy atom. The molecule has 0 aromatic heterocycles. The Morgan fingerprint density at radius 1 is 0.921 bits per heavy atom. The quantitative estimate of drug-likeness (QED) is 0.261. The molecule has 9 heteroatoms. The van der Waals surface area contributed by atoms with Crippen molar-refractivity contribution < 1.29 is 39.9 Å². The van der Waals surface area contributed by atoms with Crippen molar-refractivity contribution in [3.05, 3.63) is 0 Å². The number of rotatable bonds is 9. The van der Waals surface area contributed by atoms with Crippen LogP contribution >= 0.6 is 0 Å². The number of aliphatic hydroxyl groups excluding tert-OH is 3. The zero-order chi connectivity index (χ0) is 28.0. The second-order valence-corrected chi connectivity index (χ2v) is 13.4. The van der Waals surface area contributed by atoms with E-state index in [9.17, 15) is 34.8 Å². The molecule has 0 aliphatic heterocycles. The minimum atomic E-state index is -1.24. The highest BCUT2D eigenvalue weighted by Gasteiger charge is 2.65. The Kier molecular flexibility index (Phi) is 8.51. The minimum Gasteiger partial charge on any atom is -0.481 e. The third-order valence-corrected chi connectivity index (χ3v) is 11.6. The summed E-state index contributed by atoms with van der Waals surface area (Å²) in [6, 6.07) is -1.22. The zero-order valence-corrected chi connectivity index (χ0v) is 23.0. The van der Waals surface area contributed by atoms with Gasteiger partial charge in [-0.15, -0.1) is 0 Å². The van der Waals surface area contributed by atoms with Crippen molar-refractivity contribution in [1.29, 1.82) is 0 Å². The van der Waals surface area contributed by atoms with E-state index >= 15 is 0 Å². The zero-order valence-electron chi connectivity index (χ0n) is 23.0. The molecule has 4 fully saturated rings. The van der Waals surface area contributed by atoms with Gasteiger partial charge >= 0.3 is 11.9 Å². The van der Waals surface area contributed by atoms with Crippen LogP contribution in [0.2, 0.25) is 0 Å². The topological polar surface area (TPSA) is 164 Å². The van der Waals surface area contributed by atoms with Crippen molar-refractivity contribution in [3.63, 3.8) is 0 Å². The van der Waals surface area contributed by atoms with E-state index < -0.39 is 36.1 Å². The summed E-state index contributed by atoms with van der Waals surface area (Å²) in [5, 5.41) is 54.0. The molecule has 38 heavy (non-hydrogen) atoms. The number of carbonyl (C=O) groups excluding carboxylic acids is 1. The maximum absolute atomic E-state index is 12.5. The molecule has 0 bridgehead atoms. The van der Waals surface area contributed by atoms with Crippen LogP contribution in [0.1, 0.15) is 91.4 Å². The second kappa shape index (κ2) is 11.0. The van der Waals surface area contributed by atoms with Gasteiger partial charge in [0.05, 0.1) is 18.3 Å². The molecule has 1 amide bonds. The molecule has 0 heterocycles. The van der Waals surface area contributed by atoms with Crippen molar-refractivity contribution in [2.24, 2.45) is 46.3 Å². The van der Waals surface area contributed by atoms with Gasteiger partial charge in [-0.3, -0.25) is 9.59 Å².